The summed E-state index contributed by atoms with van der Waals surface area (Å²) >= 11 is 3.19. The number of aromatic nitrogens is 1. The van der Waals surface area contributed by atoms with Gasteiger partial charge in [0, 0.05) is 23.4 Å². The Morgan fingerprint density at radius 1 is 1.27 bits per heavy atom. The first-order valence-corrected chi connectivity index (χ1v) is 14.3. The van der Waals surface area contributed by atoms with Gasteiger partial charge in [-0.3, -0.25) is 9.59 Å². The van der Waals surface area contributed by atoms with Gasteiger partial charge in [0.25, 0.3) is 5.91 Å². The molecular weight excluding hydrogens is 598 g/mol. The van der Waals surface area contributed by atoms with Crippen molar-refractivity contribution < 1.29 is 43.0 Å². The Balaban J connectivity index is 1.68. The molecule has 1 saturated heterocycles. The molecule has 0 bridgehead atoms. The standard InChI is InChI=1S/C29H34BrN3O8/c1-7-16-13-29(16,26(36)39-6)32-25(35)22-11-18(15-33(22)27(37)41-28(2,3)4)40-24-12-21(23(34)14-30)31-20-10-17(38-5)8-9-19(20)24/h7-10,12,16,18,22H,1,11,13-15H2,2-6H3,(H,32,35)/p+1/t16-,18-,22+,29-/m1/s1. The first-order valence-electron chi connectivity index (χ1n) is 13.1. The highest BCUT2D eigenvalue weighted by Crippen LogP contribution is 2.45. The minimum absolute atomic E-state index is 0.0784. The summed E-state index contributed by atoms with van der Waals surface area (Å²) in [5, 5.41) is 14.5. The highest BCUT2D eigenvalue weighted by atomic mass is 79.9. The zero-order valence-electron chi connectivity index (χ0n) is 23.7. The van der Waals surface area contributed by atoms with Crippen LogP contribution in [-0.4, -0.2) is 87.8 Å². The van der Waals surface area contributed by atoms with E-state index in [4.69, 9.17) is 18.9 Å². The molecule has 12 heteroatoms. The molecular formula is C29H35BrN3O8+. The predicted octanol–water partition coefficient (Wildman–Crippen LogP) is 3.32. The fraction of sp³-hybridized carbons (Fsp3) is 0.483. The summed E-state index contributed by atoms with van der Waals surface area (Å²) in [6.45, 7) is 9.16. The van der Waals surface area contributed by atoms with Crippen molar-refractivity contribution in [2.75, 3.05) is 26.1 Å². The van der Waals surface area contributed by atoms with E-state index in [1.54, 1.807) is 51.1 Å². The number of Topliss-reactive ketones (excluding diaryl/α,β-unsaturated/α-hetero) is 1. The van der Waals surface area contributed by atoms with Crippen LogP contribution in [-0.2, 0) is 19.1 Å². The number of methoxy groups -OCH3 is 2. The molecule has 220 valence electrons. The molecule has 2 fully saturated rings. The summed E-state index contributed by atoms with van der Waals surface area (Å²) in [6.07, 6.45) is 1.09. The van der Waals surface area contributed by atoms with Crippen LogP contribution < -0.4 is 14.8 Å². The lowest BCUT2D eigenvalue weighted by Crippen LogP contribution is -2.51. The van der Waals surface area contributed by atoms with Crippen LogP contribution in [0.2, 0.25) is 0 Å². The van der Waals surface area contributed by atoms with Crippen LogP contribution in [0.1, 0.15) is 44.1 Å². The van der Waals surface area contributed by atoms with E-state index in [0.29, 0.717) is 28.8 Å². The summed E-state index contributed by atoms with van der Waals surface area (Å²) < 4.78 is 23.8. The molecule has 1 aromatic heterocycles. The van der Waals surface area contributed by atoms with Crippen LogP contribution in [0, 0.1) is 5.92 Å². The molecule has 0 unspecified atom stereocenters. The molecule has 1 aromatic carbocycles. The zero-order valence-corrected chi connectivity index (χ0v) is 25.3. The van der Waals surface area contributed by atoms with Gasteiger partial charge < -0.3 is 29.4 Å². The Kier molecular flexibility index (Phi) is 8.62. The number of esters is 1. The Bertz CT molecular complexity index is 1420. The lowest BCUT2D eigenvalue weighted by Gasteiger charge is -2.20. The molecule has 1 saturated carbocycles. The predicted molar refractivity (Wildman–Crippen MR) is 154 cm³/mol. The third kappa shape index (κ3) is 6.32. The number of nitrogens with one attached hydrogen (secondary N) is 1. The monoisotopic (exact) mass is 632 g/mol. The van der Waals surface area contributed by atoms with Crippen molar-refractivity contribution in [2.24, 2.45) is 5.92 Å². The molecule has 0 spiro atoms. The van der Waals surface area contributed by atoms with Crippen molar-refractivity contribution in [1.29, 1.82) is 0 Å². The van der Waals surface area contributed by atoms with E-state index in [0.717, 1.165) is 0 Å². The summed E-state index contributed by atoms with van der Waals surface area (Å²) in [5.74, 6) is -0.591. The second-order valence-corrected chi connectivity index (χ2v) is 11.6. The fourth-order valence-electron chi connectivity index (χ4n) is 4.95. The highest BCUT2D eigenvalue weighted by Gasteiger charge is 2.62. The van der Waals surface area contributed by atoms with Gasteiger partial charge in [-0.1, -0.05) is 22.0 Å². The maximum Gasteiger partial charge on any atom is 0.548 e. The topological polar surface area (TPSA) is 136 Å². The number of fused-ring (bicyclic) bond motifs is 1. The van der Waals surface area contributed by atoms with Gasteiger partial charge in [-0.15, -0.1) is 11.2 Å². The van der Waals surface area contributed by atoms with Gasteiger partial charge >= 0.3 is 12.1 Å². The SMILES string of the molecule is C=C[C@@H]1C[C@]1(NC(=O)[C@@H]1C[C@@H](Oc2cc(C(=O)CBr)nc3cc(OC)ccc23)C[N+]1=C(O)OC(C)(C)C)C(=O)OC. The quantitative estimate of drug-likeness (QED) is 0.106. The summed E-state index contributed by atoms with van der Waals surface area (Å²) in [6, 6.07) is 5.89. The number of hydrogen-bond acceptors (Lipinski definition) is 8. The number of aliphatic hydroxyl groups excluding tert-OH is 1. The maximum absolute atomic E-state index is 13.6. The average molecular weight is 634 g/mol. The van der Waals surface area contributed by atoms with Crippen LogP contribution in [0.5, 0.6) is 11.5 Å². The smallest absolute Gasteiger partial charge is 0.497 e. The molecule has 2 heterocycles. The maximum atomic E-state index is 13.6. The first kappa shape index (κ1) is 30.3. The number of alkyl halides is 1. The number of aliphatic hydroxyl groups is 1. The molecule has 0 radical (unpaired) electrons. The number of pyridine rings is 1. The summed E-state index contributed by atoms with van der Waals surface area (Å²) in [4.78, 5) is 43.2. The van der Waals surface area contributed by atoms with Gasteiger partial charge in [0.05, 0.1) is 31.5 Å². The van der Waals surface area contributed by atoms with Crippen LogP contribution in [0.4, 0.5) is 0 Å². The van der Waals surface area contributed by atoms with Crippen molar-refractivity contribution >= 4 is 50.6 Å². The van der Waals surface area contributed by atoms with E-state index in [1.807, 2.05) is 0 Å². The van der Waals surface area contributed by atoms with Gasteiger partial charge in [-0.2, -0.15) is 0 Å². The summed E-state index contributed by atoms with van der Waals surface area (Å²) in [5.41, 5.74) is -1.24. The number of carbonyl (C=O) groups excluding carboxylic acids is 3. The molecule has 1 aliphatic heterocycles. The molecule has 1 aliphatic carbocycles. The molecule has 2 N–H and O–H groups in total. The lowest BCUT2D eigenvalue weighted by atomic mass is 10.1. The minimum Gasteiger partial charge on any atom is -0.497 e. The Morgan fingerprint density at radius 3 is 2.59 bits per heavy atom. The molecule has 2 aliphatic rings. The van der Waals surface area contributed by atoms with Gasteiger partial charge in [0.1, 0.15) is 28.3 Å². The van der Waals surface area contributed by atoms with E-state index in [2.05, 4.69) is 32.8 Å². The number of amides is 1. The van der Waals surface area contributed by atoms with Crippen molar-refractivity contribution in [1.82, 2.24) is 10.3 Å². The van der Waals surface area contributed by atoms with E-state index in [9.17, 15) is 19.5 Å². The largest absolute Gasteiger partial charge is 0.548 e. The highest BCUT2D eigenvalue weighted by molar-refractivity contribution is 9.09. The Labute approximate surface area is 246 Å². The van der Waals surface area contributed by atoms with E-state index in [1.165, 1.54) is 18.8 Å². The zero-order chi connectivity index (χ0) is 30.1. The average Bonchev–Trinajstić information content (AvgIpc) is 3.48. The molecule has 4 atom stereocenters. The van der Waals surface area contributed by atoms with Crippen LogP contribution in [0.3, 0.4) is 0 Å². The van der Waals surface area contributed by atoms with Gasteiger partial charge in [-0.25, -0.2) is 9.78 Å². The van der Waals surface area contributed by atoms with Gasteiger partial charge in [-0.05, 0) is 39.3 Å². The van der Waals surface area contributed by atoms with Gasteiger partial charge in [0.15, 0.2) is 18.4 Å². The second kappa shape index (κ2) is 11.7. The summed E-state index contributed by atoms with van der Waals surface area (Å²) in [7, 11) is 2.80. The number of halogens is 1. The Morgan fingerprint density at radius 2 is 2.00 bits per heavy atom. The number of ketones is 1. The number of rotatable bonds is 9. The fourth-order valence-corrected chi connectivity index (χ4v) is 5.24. The number of carbonyl (C=O) groups is 3. The van der Waals surface area contributed by atoms with Crippen LogP contribution in [0.15, 0.2) is 36.9 Å². The van der Waals surface area contributed by atoms with Crippen molar-refractivity contribution in [3.05, 3.63) is 42.6 Å². The first-order chi connectivity index (χ1) is 19.3. The van der Waals surface area contributed by atoms with Crippen LogP contribution >= 0.6 is 15.9 Å². The molecule has 11 nitrogen and oxygen atoms in total. The number of benzene rings is 1. The third-order valence-corrected chi connectivity index (χ3v) is 7.59. The third-order valence-electron chi connectivity index (χ3n) is 7.08. The normalized spacial score (nSPS) is 24.8. The van der Waals surface area contributed by atoms with E-state index in [-0.39, 0.29) is 35.7 Å². The molecule has 2 aromatic rings. The van der Waals surface area contributed by atoms with Crippen molar-refractivity contribution in [2.45, 2.75) is 56.9 Å². The molecule has 1 amide bonds. The van der Waals surface area contributed by atoms with E-state index < -0.39 is 41.2 Å². The number of hydrogen-bond donors (Lipinski definition) is 2. The molecule has 41 heavy (non-hydrogen) atoms. The number of ether oxygens (including phenoxy) is 4. The number of nitrogens with zero attached hydrogens (tertiary/aromatic N) is 2. The lowest BCUT2D eigenvalue weighted by molar-refractivity contribution is -0.551. The van der Waals surface area contributed by atoms with Crippen molar-refractivity contribution in [3.8, 4) is 11.5 Å². The van der Waals surface area contributed by atoms with Gasteiger partial charge in [0.2, 0.25) is 6.04 Å². The van der Waals surface area contributed by atoms with Crippen molar-refractivity contribution in [3.63, 3.8) is 0 Å². The minimum atomic E-state index is -1.20. The van der Waals surface area contributed by atoms with Crippen LogP contribution in [0.25, 0.3) is 10.9 Å². The second-order valence-electron chi connectivity index (χ2n) is 11.1. The van der Waals surface area contributed by atoms with E-state index >= 15 is 0 Å². The Hall–Kier alpha value is -3.67. The molecule has 4 rings (SSSR count).